The quantitative estimate of drug-likeness (QED) is 0.144. The summed E-state index contributed by atoms with van der Waals surface area (Å²) in [5.74, 6) is -0.860. The summed E-state index contributed by atoms with van der Waals surface area (Å²) < 4.78 is 29.5. The smallest absolute Gasteiger partial charge is 0.264 e. The number of aryl methyl sites for hydroxylation is 1. The minimum atomic E-state index is -4.18. The lowest BCUT2D eigenvalue weighted by molar-refractivity contribution is -0.140. The number of carbonyl (C=O) groups excluding carboxylic acids is 2. The summed E-state index contributed by atoms with van der Waals surface area (Å²) in [6.45, 7) is 5.27. The minimum Gasteiger partial charge on any atom is -0.352 e. The van der Waals surface area contributed by atoms with E-state index in [4.69, 9.17) is 11.6 Å². The van der Waals surface area contributed by atoms with E-state index in [-0.39, 0.29) is 29.8 Å². The van der Waals surface area contributed by atoms with Gasteiger partial charge in [-0.25, -0.2) is 8.42 Å². The number of benzene rings is 4. The third kappa shape index (κ3) is 8.93. The largest absolute Gasteiger partial charge is 0.352 e. The number of nitrogens with one attached hydrogen (secondary N) is 1. The molecule has 0 spiro atoms. The Morgan fingerprint density at radius 3 is 2.13 bits per heavy atom. The van der Waals surface area contributed by atoms with Crippen molar-refractivity contribution in [2.75, 3.05) is 17.1 Å². The van der Waals surface area contributed by atoms with Gasteiger partial charge in [0.25, 0.3) is 10.0 Å². The Balaban J connectivity index is 1.81. The Kier molecular flexibility index (Phi) is 12.3. The highest BCUT2D eigenvalue weighted by molar-refractivity contribution is 7.98. The van der Waals surface area contributed by atoms with E-state index < -0.39 is 28.5 Å². The molecule has 0 heterocycles. The molecule has 0 fully saturated rings. The van der Waals surface area contributed by atoms with Gasteiger partial charge in [0.1, 0.15) is 12.6 Å². The fourth-order valence-corrected chi connectivity index (χ4v) is 6.94. The van der Waals surface area contributed by atoms with Crippen molar-refractivity contribution in [2.24, 2.45) is 0 Å². The number of nitrogens with zero attached hydrogens (tertiary/aromatic N) is 2. The van der Waals surface area contributed by atoms with Gasteiger partial charge in [0.15, 0.2) is 0 Å². The van der Waals surface area contributed by atoms with Crippen molar-refractivity contribution in [1.82, 2.24) is 10.2 Å². The van der Waals surface area contributed by atoms with Crippen molar-refractivity contribution < 1.29 is 18.0 Å². The Bertz CT molecular complexity index is 1720. The molecule has 0 radical (unpaired) electrons. The van der Waals surface area contributed by atoms with E-state index in [1.165, 1.54) is 16.7 Å². The third-order valence-electron chi connectivity index (χ3n) is 7.82. The molecule has 4 rings (SSSR count). The highest BCUT2D eigenvalue weighted by Gasteiger charge is 2.35. The number of sulfonamides is 1. The number of halogens is 1. The topological polar surface area (TPSA) is 86.8 Å². The molecule has 10 heteroatoms. The predicted molar refractivity (Wildman–Crippen MR) is 188 cm³/mol. The molecule has 4 aromatic rings. The number of hydrogen-bond donors (Lipinski definition) is 1. The van der Waals surface area contributed by atoms with E-state index in [9.17, 15) is 18.0 Å². The molecule has 4 aromatic carbocycles. The van der Waals surface area contributed by atoms with Crippen LogP contribution in [-0.4, -0.2) is 50.0 Å². The lowest BCUT2D eigenvalue weighted by atomic mass is 10.0. The molecule has 2 amide bonds. The summed E-state index contributed by atoms with van der Waals surface area (Å²) in [7, 11) is -4.18. The van der Waals surface area contributed by atoms with E-state index in [2.05, 4.69) is 5.32 Å². The first-order valence-corrected chi connectivity index (χ1v) is 18.2. The molecular formula is C36H40ClN3O4S2. The van der Waals surface area contributed by atoms with Gasteiger partial charge in [-0.05, 0) is 80.1 Å². The second-order valence-corrected chi connectivity index (χ2v) is 14.3. The lowest BCUT2D eigenvalue weighted by Crippen LogP contribution is -2.54. The van der Waals surface area contributed by atoms with Gasteiger partial charge in [0, 0.05) is 28.9 Å². The van der Waals surface area contributed by atoms with Crippen molar-refractivity contribution in [3.63, 3.8) is 0 Å². The second kappa shape index (κ2) is 16.2. The molecule has 242 valence electrons. The average molecular weight is 678 g/mol. The van der Waals surface area contributed by atoms with E-state index in [0.29, 0.717) is 22.7 Å². The van der Waals surface area contributed by atoms with Crippen molar-refractivity contribution in [3.05, 3.63) is 125 Å². The number of rotatable bonds is 14. The van der Waals surface area contributed by atoms with Gasteiger partial charge in [-0.15, -0.1) is 11.8 Å². The number of anilines is 1. The van der Waals surface area contributed by atoms with Gasteiger partial charge in [-0.3, -0.25) is 13.9 Å². The maximum atomic E-state index is 14.6. The van der Waals surface area contributed by atoms with Crippen LogP contribution < -0.4 is 9.62 Å². The monoisotopic (exact) mass is 677 g/mol. The van der Waals surface area contributed by atoms with Crippen LogP contribution in [0.2, 0.25) is 5.02 Å². The van der Waals surface area contributed by atoms with Gasteiger partial charge in [0.2, 0.25) is 11.8 Å². The Morgan fingerprint density at radius 1 is 0.891 bits per heavy atom. The normalized spacial score (nSPS) is 12.6. The van der Waals surface area contributed by atoms with Crippen LogP contribution in [0.15, 0.2) is 113 Å². The summed E-state index contributed by atoms with van der Waals surface area (Å²) in [5, 5.41) is 3.49. The number of amides is 2. The fraction of sp³-hybridized carbons (Fsp3) is 0.278. The lowest BCUT2D eigenvalue weighted by Gasteiger charge is -2.34. The number of carbonyl (C=O) groups is 2. The van der Waals surface area contributed by atoms with Crippen LogP contribution in [0.4, 0.5) is 5.69 Å². The zero-order valence-electron chi connectivity index (χ0n) is 26.5. The maximum absolute atomic E-state index is 14.6. The molecule has 0 aromatic heterocycles. The van der Waals surface area contributed by atoms with Crippen LogP contribution in [0.1, 0.15) is 37.0 Å². The molecule has 1 N–H and O–H groups in total. The molecule has 0 aliphatic rings. The van der Waals surface area contributed by atoms with Gasteiger partial charge in [0.05, 0.1) is 10.6 Å². The van der Waals surface area contributed by atoms with E-state index in [1.54, 1.807) is 66.7 Å². The number of thioether (sulfide) groups is 1. The van der Waals surface area contributed by atoms with Gasteiger partial charge < -0.3 is 10.2 Å². The Hall–Kier alpha value is -3.79. The molecule has 46 heavy (non-hydrogen) atoms. The van der Waals surface area contributed by atoms with Crippen molar-refractivity contribution in [2.45, 2.75) is 62.0 Å². The molecular weight excluding hydrogens is 638 g/mol. The van der Waals surface area contributed by atoms with E-state index in [1.807, 2.05) is 63.4 Å². The highest BCUT2D eigenvalue weighted by Crippen LogP contribution is 2.27. The number of hydrogen-bond acceptors (Lipinski definition) is 5. The SMILES string of the molecule is CC[C@@H](C)NC(=O)[C@H](Cc1ccccc1)N(Cc1ccccc1Cl)C(=O)CN(c1ccc(C)cc1)S(=O)(=O)c1ccc(SC)cc1. The van der Waals surface area contributed by atoms with Crippen LogP contribution in [0, 0.1) is 6.92 Å². The second-order valence-electron chi connectivity index (χ2n) is 11.2. The predicted octanol–water partition coefficient (Wildman–Crippen LogP) is 7.12. The first-order chi connectivity index (χ1) is 22.0. The molecule has 0 aliphatic heterocycles. The van der Waals surface area contributed by atoms with Gasteiger partial charge in [-0.1, -0.05) is 84.8 Å². The van der Waals surface area contributed by atoms with Crippen molar-refractivity contribution in [3.8, 4) is 0 Å². The molecule has 7 nitrogen and oxygen atoms in total. The zero-order chi connectivity index (χ0) is 33.3. The summed E-state index contributed by atoms with van der Waals surface area (Å²) in [4.78, 5) is 30.9. The fourth-order valence-electron chi connectivity index (χ4n) is 4.92. The third-order valence-corrected chi connectivity index (χ3v) is 10.7. The Labute approximate surface area is 282 Å². The first-order valence-electron chi connectivity index (χ1n) is 15.1. The first kappa shape index (κ1) is 35.1. The van der Waals surface area contributed by atoms with Gasteiger partial charge in [-0.2, -0.15) is 0 Å². The van der Waals surface area contributed by atoms with Crippen LogP contribution in [0.25, 0.3) is 0 Å². The minimum absolute atomic E-state index is 0.00807. The van der Waals surface area contributed by atoms with Crippen LogP contribution >= 0.6 is 23.4 Å². The molecule has 0 aliphatic carbocycles. The molecule has 0 unspecified atom stereocenters. The standard InChI is InChI=1S/C36H40ClN3O4S2/c1-5-27(3)38-36(42)34(23-28-11-7-6-8-12-28)39(24-29-13-9-10-14-33(29)37)35(41)25-40(30-17-15-26(2)16-18-30)46(43,44)32-21-19-31(45-4)20-22-32/h6-22,27,34H,5,23-25H2,1-4H3,(H,38,42)/t27-,34+/m1/s1. The summed E-state index contributed by atoms with van der Waals surface area (Å²) >= 11 is 8.08. The molecule has 0 saturated carbocycles. The van der Waals surface area contributed by atoms with E-state index in [0.717, 1.165) is 20.3 Å². The highest BCUT2D eigenvalue weighted by atomic mass is 35.5. The summed E-state index contributed by atoms with van der Waals surface area (Å²) in [6.07, 6.45) is 2.85. The van der Waals surface area contributed by atoms with E-state index >= 15 is 0 Å². The maximum Gasteiger partial charge on any atom is 0.264 e. The van der Waals surface area contributed by atoms with Crippen molar-refractivity contribution >= 4 is 50.9 Å². The Morgan fingerprint density at radius 2 is 1.52 bits per heavy atom. The molecule has 0 saturated heterocycles. The zero-order valence-corrected chi connectivity index (χ0v) is 28.9. The van der Waals surface area contributed by atoms with Crippen LogP contribution in [0.3, 0.4) is 0 Å². The average Bonchev–Trinajstić information content (AvgIpc) is 3.06. The molecule has 0 bridgehead atoms. The summed E-state index contributed by atoms with van der Waals surface area (Å²) in [5.41, 5.74) is 2.79. The molecule has 2 atom stereocenters. The van der Waals surface area contributed by atoms with Gasteiger partial charge >= 0.3 is 0 Å². The van der Waals surface area contributed by atoms with Crippen LogP contribution in [-0.2, 0) is 32.6 Å². The summed E-state index contributed by atoms with van der Waals surface area (Å²) in [6, 6.07) is 29.1. The van der Waals surface area contributed by atoms with Crippen LogP contribution in [0.5, 0.6) is 0 Å². The van der Waals surface area contributed by atoms with Crippen molar-refractivity contribution in [1.29, 1.82) is 0 Å².